The number of amides is 1. The van der Waals surface area contributed by atoms with Crippen LogP contribution in [0.3, 0.4) is 0 Å². The highest BCUT2D eigenvalue weighted by atomic mass is 16.1. The second-order valence-electron chi connectivity index (χ2n) is 7.72. The van der Waals surface area contributed by atoms with Crippen molar-refractivity contribution >= 4 is 11.6 Å². The fourth-order valence-corrected chi connectivity index (χ4v) is 3.00. The summed E-state index contributed by atoms with van der Waals surface area (Å²) in [5.74, 6) is 0.297. The SMILES string of the molecule is CCc1[nH]nc(-c2ccc(C(C)(C)C)cc2)c1NC(=O)C1CCC1. The van der Waals surface area contributed by atoms with E-state index in [9.17, 15) is 4.79 Å². The van der Waals surface area contributed by atoms with Crippen molar-refractivity contribution in [2.45, 2.75) is 58.8 Å². The molecule has 1 heterocycles. The Balaban J connectivity index is 1.90. The standard InChI is InChI=1S/C20H27N3O/c1-5-16-18(21-19(24)14-7-6-8-14)17(23-22-16)13-9-11-15(12-10-13)20(2,3)4/h9-12,14H,5-8H2,1-4H3,(H,21,24)(H,22,23). The van der Waals surface area contributed by atoms with Crippen LogP contribution < -0.4 is 5.32 Å². The first-order valence-corrected chi connectivity index (χ1v) is 8.89. The van der Waals surface area contributed by atoms with E-state index in [4.69, 9.17) is 0 Å². The van der Waals surface area contributed by atoms with E-state index < -0.39 is 0 Å². The maximum atomic E-state index is 12.4. The molecule has 1 aliphatic carbocycles. The summed E-state index contributed by atoms with van der Waals surface area (Å²) in [5, 5.41) is 10.7. The van der Waals surface area contributed by atoms with E-state index in [2.05, 4.69) is 67.5 Å². The minimum Gasteiger partial charge on any atom is -0.322 e. The number of aromatic amines is 1. The summed E-state index contributed by atoms with van der Waals surface area (Å²) >= 11 is 0. The van der Waals surface area contributed by atoms with Crippen LogP contribution in [0.2, 0.25) is 0 Å². The van der Waals surface area contributed by atoms with E-state index in [1.165, 1.54) is 5.56 Å². The van der Waals surface area contributed by atoms with Crippen molar-refractivity contribution in [1.82, 2.24) is 10.2 Å². The molecule has 0 spiro atoms. The van der Waals surface area contributed by atoms with Gasteiger partial charge >= 0.3 is 0 Å². The van der Waals surface area contributed by atoms with Crippen LogP contribution >= 0.6 is 0 Å². The second-order valence-corrected chi connectivity index (χ2v) is 7.72. The lowest BCUT2D eigenvalue weighted by atomic mass is 9.84. The van der Waals surface area contributed by atoms with Crippen molar-refractivity contribution < 1.29 is 4.79 Å². The smallest absolute Gasteiger partial charge is 0.227 e. The molecule has 24 heavy (non-hydrogen) atoms. The molecule has 2 aromatic rings. The Bertz CT molecular complexity index is 718. The van der Waals surface area contributed by atoms with Gasteiger partial charge in [-0.15, -0.1) is 0 Å². The molecule has 4 nitrogen and oxygen atoms in total. The van der Waals surface area contributed by atoms with Crippen LogP contribution in [0, 0.1) is 5.92 Å². The zero-order valence-electron chi connectivity index (χ0n) is 15.1. The lowest BCUT2D eigenvalue weighted by Crippen LogP contribution is -2.28. The number of anilines is 1. The maximum absolute atomic E-state index is 12.4. The van der Waals surface area contributed by atoms with E-state index in [1.807, 2.05) is 0 Å². The average molecular weight is 325 g/mol. The van der Waals surface area contributed by atoms with Crippen molar-refractivity contribution in [2.75, 3.05) is 5.32 Å². The Hall–Kier alpha value is -2.10. The first kappa shape index (κ1) is 16.7. The van der Waals surface area contributed by atoms with Gasteiger partial charge in [-0.1, -0.05) is 58.4 Å². The van der Waals surface area contributed by atoms with E-state index >= 15 is 0 Å². The molecule has 1 aromatic carbocycles. The van der Waals surface area contributed by atoms with Crippen LogP contribution in [0.5, 0.6) is 0 Å². The molecule has 2 N–H and O–H groups in total. The predicted molar refractivity (Wildman–Crippen MR) is 98.1 cm³/mol. The third-order valence-corrected chi connectivity index (χ3v) is 4.94. The van der Waals surface area contributed by atoms with Crippen molar-refractivity contribution in [3.63, 3.8) is 0 Å². The Morgan fingerprint density at radius 3 is 2.42 bits per heavy atom. The first-order valence-electron chi connectivity index (χ1n) is 8.89. The highest BCUT2D eigenvalue weighted by molar-refractivity contribution is 5.97. The normalized spacial score (nSPS) is 15.2. The van der Waals surface area contributed by atoms with Crippen LogP contribution in [0.1, 0.15) is 58.2 Å². The topological polar surface area (TPSA) is 57.8 Å². The molecule has 1 aromatic heterocycles. The summed E-state index contributed by atoms with van der Waals surface area (Å²) in [6.07, 6.45) is 3.97. The number of rotatable bonds is 4. The quantitative estimate of drug-likeness (QED) is 0.858. The Morgan fingerprint density at radius 1 is 1.25 bits per heavy atom. The van der Waals surface area contributed by atoms with Crippen molar-refractivity contribution in [2.24, 2.45) is 5.92 Å². The molecule has 0 aliphatic heterocycles. The summed E-state index contributed by atoms with van der Waals surface area (Å²) in [7, 11) is 0. The van der Waals surface area contributed by atoms with Crippen LogP contribution in [-0.4, -0.2) is 16.1 Å². The van der Waals surface area contributed by atoms with Gasteiger partial charge in [-0.25, -0.2) is 0 Å². The van der Waals surface area contributed by atoms with Crippen molar-refractivity contribution in [3.8, 4) is 11.3 Å². The zero-order valence-corrected chi connectivity index (χ0v) is 15.1. The summed E-state index contributed by atoms with van der Waals surface area (Å²) in [5.41, 5.74) is 5.11. The first-order chi connectivity index (χ1) is 11.4. The number of hydrogen-bond donors (Lipinski definition) is 2. The number of aromatic nitrogens is 2. The molecule has 0 saturated heterocycles. The van der Waals surface area contributed by atoms with Gasteiger partial charge in [0.15, 0.2) is 0 Å². The molecule has 1 saturated carbocycles. The molecule has 0 bridgehead atoms. The predicted octanol–water partition coefficient (Wildman–Crippen LogP) is 4.68. The molecule has 0 unspecified atom stereocenters. The molecule has 0 radical (unpaired) electrons. The van der Waals surface area contributed by atoms with Crippen LogP contribution in [0.15, 0.2) is 24.3 Å². The highest BCUT2D eigenvalue weighted by Gasteiger charge is 2.27. The van der Waals surface area contributed by atoms with Crippen LogP contribution in [0.25, 0.3) is 11.3 Å². The number of carbonyl (C=O) groups is 1. The summed E-state index contributed by atoms with van der Waals surface area (Å²) in [6, 6.07) is 8.48. The average Bonchev–Trinajstić information content (AvgIpc) is 2.87. The van der Waals surface area contributed by atoms with Gasteiger partial charge in [-0.05, 0) is 30.2 Å². The fourth-order valence-electron chi connectivity index (χ4n) is 3.00. The number of H-pyrrole nitrogens is 1. The summed E-state index contributed by atoms with van der Waals surface area (Å²) < 4.78 is 0. The number of carbonyl (C=O) groups excluding carboxylic acids is 1. The largest absolute Gasteiger partial charge is 0.322 e. The van der Waals surface area contributed by atoms with Gasteiger partial charge < -0.3 is 5.32 Å². The lowest BCUT2D eigenvalue weighted by molar-refractivity contribution is -0.122. The number of nitrogens with zero attached hydrogens (tertiary/aromatic N) is 1. The third-order valence-electron chi connectivity index (χ3n) is 4.94. The van der Waals surface area contributed by atoms with E-state index in [0.29, 0.717) is 0 Å². The van der Waals surface area contributed by atoms with Gasteiger partial charge in [0.25, 0.3) is 0 Å². The van der Waals surface area contributed by atoms with Gasteiger partial charge in [0.1, 0.15) is 5.69 Å². The molecular formula is C20H27N3O. The van der Waals surface area contributed by atoms with Gasteiger partial charge in [-0.2, -0.15) is 5.10 Å². The maximum Gasteiger partial charge on any atom is 0.227 e. The molecule has 3 rings (SSSR count). The Kier molecular flexibility index (Phi) is 4.48. The Morgan fingerprint density at radius 2 is 1.92 bits per heavy atom. The minimum absolute atomic E-state index is 0.125. The molecule has 1 amide bonds. The molecular weight excluding hydrogens is 298 g/mol. The highest BCUT2D eigenvalue weighted by Crippen LogP contribution is 2.33. The molecule has 128 valence electrons. The fraction of sp³-hybridized carbons (Fsp3) is 0.500. The monoisotopic (exact) mass is 325 g/mol. The number of nitrogens with one attached hydrogen (secondary N) is 2. The number of benzene rings is 1. The Labute approximate surface area is 144 Å². The van der Waals surface area contributed by atoms with Gasteiger partial charge in [0.05, 0.1) is 11.4 Å². The summed E-state index contributed by atoms with van der Waals surface area (Å²) in [6.45, 7) is 8.68. The second kappa shape index (κ2) is 6.42. The van der Waals surface area contributed by atoms with Gasteiger partial charge in [-0.3, -0.25) is 9.89 Å². The zero-order chi connectivity index (χ0) is 17.3. The molecule has 1 aliphatic rings. The van der Waals surface area contributed by atoms with E-state index in [1.54, 1.807) is 0 Å². The minimum atomic E-state index is 0.125. The van der Waals surface area contributed by atoms with Crippen LogP contribution in [-0.2, 0) is 16.6 Å². The van der Waals surface area contributed by atoms with Gasteiger partial charge in [0, 0.05) is 11.5 Å². The van der Waals surface area contributed by atoms with Crippen LogP contribution in [0.4, 0.5) is 5.69 Å². The third kappa shape index (κ3) is 3.23. The molecule has 1 fully saturated rings. The van der Waals surface area contributed by atoms with Crippen molar-refractivity contribution in [3.05, 3.63) is 35.5 Å². The lowest BCUT2D eigenvalue weighted by Gasteiger charge is -2.24. The van der Waals surface area contributed by atoms with Gasteiger partial charge in [0.2, 0.25) is 5.91 Å². The van der Waals surface area contributed by atoms with E-state index in [-0.39, 0.29) is 17.2 Å². The number of aryl methyl sites for hydroxylation is 1. The van der Waals surface area contributed by atoms with E-state index in [0.717, 1.165) is 48.3 Å². The van der Waals surface area contributed by atoms with Crippen molar-refractivity contribution in [1.29, 1.82) is 0 Å². The summed E-state index contributed by atoms with van der Waals surface area (Å²) in [4.78, 5) is 12.4. The molecule has 0 atom stereocenters. The number of hydrogen-bond acceptors (Lipinski definition) is 2. The molecule has 4 heteroatoms.